The number of rotatable bonds is 6. The highest BCUT2D eigenvalue weighted by Crippen LogP contribution is 2.27. The van der Waals surface area contributed by atoms with E-state index in [4.69, 9.17) is 9.15 Å². The number of nitrogens with one attached hydrogen (secondary N) is 1. The molecule has 0 amide bonds. The van der Waals surface area contributed by atoms with Gasteiger partial charge in [0.1, 0.15) is 5.76 Å². The highest BCUT2D eigenvalue weighted by Gasteiger charge is 2.22. The van der Waals surface area contributed by atoms with Gasteiger partial charge in [-0.15, -0.1) is 0 Å². The lowest BCUT2D eigenvalue weighted by Gasteiger charge is -2.21. The fraction of sp³-hybridized carbons (Fsp3) is 0.500. The van der Waals surface area contributed by atoms with Gasteiger partial charge in [0.05, 0.1) is 12.2 Å². The summed E-state index contributed by atoms with van der Waals surface area (Å²) in [7, 11) is 0. The van der Waals surface area contributed by atoms with Crippen molar-refractivity contribution >= 4 is 0 Å². The quantitative estimate of drug-likeness (QED) is 0.886. The van der Waals surface area contributed by atoms with Gasteiger partial charge in [0.2, 0.25) is 5.89 Å². The Morgan fingerprint density at radius 2 is 2.09 bits per heavy atom. The van der Waals surface area contributed by atoms with Gasteiger partial charge in [-0.1, -0.05) is 30.3 Å². The highest BCUT2D eigenvalue weighted by atomic mass is 16.5. The standard InChI is InChI=1S/C18H24N2O2/c1-13-14(2)22-18(20-13)11-19-17(10-15-8-9-21-12-15)16-6-4-3-5-7-16/h3-7,15,17,19H,8-12H2,1-2H3/t15-,17-/m1/s1. The van der Waals surface area contributed by atoms with Crippen molar-refractivity contribution < 1.29 is 9.15 Å². The summed E-state index contributed by atoms with van der Waals surface area (Å²) in [5, 5.41) is 3.61. The summed E-state index contributed by atoms with van der Waals surface area (Å²) in [6, 6.07) is 10.9. The van der Waals surface area contributed by atoms with Crippen molar-refractivity contribution in [3.63, 3.8) is 0 Å². The number of oxazole rings is 1. The zero-order valence-corrected chi connectivity index (χ0v) is 13.3. The summed E-state index contributed by atoms with van der Waals surface area (Å²) in [6.45, 7) is 6.36. The third-order valence-corrected chi connectivity index (χ3v) is 4.37. The molecule has 4 nitrogen and oxygen atoms in total. The number of benzene rings is 1. The van der Waals surface area contributed by atoms with Crippen molar-refractivity contribution in [2.24, 2.45) is 5.92 Å². The van der Waals surface area contributed by atoms with Crippen LogP contribution in [-0.4, -0.2) is 18.2 Å². The lowest BCUT2D eigenvalue weighted by Crippen LogP contribution is -2.24. The average Bonchev–Trinajstić information content (AvgIpc) is 3.15. The van der Waals surface area contributed by atoms with Gasteiger partial charge in [-0.25, -0.2) is 4.98 Å². The smallest absolute Gasteiger partial charge is 0.208 e. The number of aryl methyl sites for hydroxylation is 2. The molecule has 1 fully saturated rings. The van der Waals surface area contributed by atoms with Crippen molar-refractivity contribution in [1.82, 2.24) is 10.3 Å². The van der Waals surface area contributed by atoms with Crippen LogP contribution in [0.5, 0.6) is 0 Å². The van der Waals surface area contributed by atoms with Gasteiger partial charge in [-0.05, 0) is 38.2 Å². The monoisotopic (exact) mass is 300 g/mol. The SMILES string of the molecule is Cc1nc(CN[C@H](C[C@H]2CCOC2)c2ccccc2)oc1C. The molecule has 1 saturated heterocycles. The molecule has 118 valence electrons. The fourth-order valence-electron chi connectivity index (χ4n) is 2.95. The first-order valence-corrected chi connectivity index (χ1v) is 8.01. The summed E-state index contributed by atoms with van der Waals surface area (Å²) >= 11 is 0. The van der Waals surface area contributed by atoms with E-state index in [-0.39, 0.29) is 0 Å². The molecule has 0 saturated carbocycles. The van der Waals surface area contributed by atoms with E-state index >= 15 is 0 Å². The number of aromatic nitrogens is 1. The molecule has 2 heterocycles. The van der Waals surface area contributed by atoms with Gasteiger partial charge >= 0.3 is 0 Å². The highest BCUT2D eigenvalue weighted by molar-refractivity contribution is 5.19. The van der Waals surface area contributed by atoms with Crippen molar-refractivity contribution in [2.45, 2.75) is 39.3 Å². The minimum atomic E-state index is 0.306. The summed E-state index contributed by atoms with van der Waals surface area (Å²) in [5.74, 6) is 2.29. The number of ether oxygens (including phenoxy) is 1. The Hall–Kier alpha value is -1.65. The van der Waals surface area contributed by atoms with Gasteiger partial charge in [-0.3, -0.25) is 0 Å². The molecule has 0 aliphatic carbocycles. The predicted octanol–water partition coefficient (Wildman–Crippen LogP) is 3.55. The molecule has 0 unspecified atom stereocenters. The van der Waals surface area contributed by atoms with Crippen molar-refractivity contribution in [2.75, 3.05) is 13.2 Å². The molecule has 1 aromatic carbocycles. The van der Waals surface area contributed by atoms with E-state index in [1.54, 1.807) is 0 Å². The number of hydrogen-bond donors (Lipinski definition) is 1. The van der Waals surface area contributed by atoms with E-state index in [0.29, 0.717) is 18.5 Å². The van der Waals surface area contributed by atoms with Crippen LogP contribution in [0.15, 0.2) is 34.7 Å². The van der Waals surface area contributed by atoms with Crippen LogP contribution in [0.3, 0.4) is 0 Å². The lowest BCUT2D eigenvalue weighted by atomic mass is 9.94. The van der Waals surface area contributed by atoms with Crippen molar-refractivity contribution in [3.05, 3.63) is 53.2 Å². The molecule has 3 rings (SSSR count). The van der Waals surface area contributed by atoms with Gasteiger partial charge in [0, 0.05) is 19.3 Å². The minimum Gasteiger partial charge on any atom is -0.444 e. The van der Waals surface area contributed by atoms with Crippen LogP contribution >= 0.6 is 0 Å². The fourth-order valence-corrected chi connectivity index (χ4v) is 2.95. The Labute approximate surface area is 131 Å². The summed E-state index contributed by atoms with van der Waals surface area (Å²) in [6.07, 6.45) is 2.24. The molecule has 1 aliphatic heterocycles. The third-order valence-electron chi connectivity index (χ3n) is 4.37. The number of nitrogens with zero attached hydrogens (tertiary/aromatic N) is 1. The van der Waals surface area contributed by atoms with E-state index in [0.717, 1.165) is 43.4 Å². The second kappa shape index (κ2) is 7.07. The Bertz CT molecular complexity index is 569. The molecule has 1 N–H and O–H groups in total. The molecule has 4 heteroatoms. The van der Waals surface area contributed by atoms with E-state index in [9.17, 15) is 0 Å². The van der Waals surface area contributed by atoms with Crippen molar-refractivity contribution in [3.8, 4) is 0 Å². The maximum Gasteiger partial charge on any atom is 0.208 e. The molecule has 0 radical (unpaired) electrons. The van der Waals surface area contributed by atoms with Gasteiger partial charge in [-0.2, -0.15) is 0 Å². The van der Waals surface area contributed by atoms with Crippen LogP contribution in [-0.2, 0) is 11.3 Å². The van der Waals surface area contributed by atoms with E-state index < -0.39 is 0 Å². The molecule has 0 spiro atoms. The molecule has 22 heavy (non-hydrogen) atoms. The zero-order chi connectivity index (χ0) is 15.4. The Balaban J connectivity index is 1.67. The third kappa shape index (κ3) is 3.76. The van der Waals surface area contributed by atoms with Crippen molar-refractivity contribution in [1.29, 1.82) is 0 Å². The van der Waals surface area contributed by atoms with Crippen LogP contribution in [0.2, 0.25) is 0 Å². The molecular weight excluding hydrogens is 276 g/mol. The summed E-state index contributed by atoms with van der Waals surface area (Å²) in [5.41, 5.74) is 2.28. The maximum atomic E-state index is 5.67. The zero-order valence-electron chi connectivity index (χ0n) is 13.3. The molecule has 1 aliphatic rings. The number of hydrogen-bond acceptors (Lipinski definition) is 4. The van der Waals surface area contributed by atoms with Gasteiger partial charge in [0.25, 0.3) is 0 Å². The Kier molecular flexibility index (Phi) is 4.90. The largest absolute Gasteiger partial charge is 0.444 e. The molecule has 2 atom stereocenters. The van der Waals surface area contributed by atoms with Crippen LogP contribution < -0.4 is 5.32 Å². The normalized spacial score (nSPS) is 19.5. The van der Waals surface area contributed by atoms with E-state index in [1.165, 1.54) is 5.56 Å². The molecule has 0 bridgehead atoms. The van der Waals surface area contributed by atoms with Crippen LogP contribution in [0.4, 0.5) is 0 Å². The second-order valence-electron chi connectivity index (χ2n) is 6.06. The lowest BCUT2D eigenvalue weighted by molar-refractivity contribution is 0.181. The van der Waals surface area contributed by atoms with E-state index in [1.807, 2.05) is 13.8 Å². The Morgan fingerprint density at radius 1 is 1.27 bits per heavy atom. The van der Waals surface area contributed by atoms with E-state index in [2.05, 4.69) is 40.6 Å². The topological polar surface area (TPSA) is 47.3 Å². The summed E-state index contributed by atoms with van der Waals surface area (Å²) in [4.78, 5) is 4.45. The molecular formula is C18H24N2O2. The second-order valence-corrected chi connectivity index (χ2v) is 6.06. The maximum absolute atomic E-state index is 5.67. The van der Waals surface area contributed by atoms with Crippen LogP contribution in [0.25, 0.3) is 0 Å². The first-order chi connectivity index (χ1) is 10.7. The summed E-state index contributed by atoms with van der Waals surface area (Å²) < 4.78 is 11.2. The van der Waals surface area contributed by atoms with Crippen LogP contribution in [0.1, 0.15) is 41.8 Å². The first kappa shape index (κ1) is 15.3. The molecule has 2 aromatic rings. The van der Waals surface area contributed by atoms with Gasteiger partial charge in [0.15, 0.2) is 0 Å². The minimum absolute atomic E-state index is 0.306. The molecule has 1 aromatic heterocycles. The predicted molar refractivity (Wildman–Crippen MR) is 85.5 cm³/mol. The van der Waals surface area contributed by atoms with Crippen LogP contribution in [0, 0.1) is 19.8 Å². The first-order valence-electron chi connectivity index (χ1n) is 8.01. The van der Waals surface area contributed by atoms with Gasteiger partial charge < -0.3 is 14.5 Å². The average molecular weight is 300 g/mol. The Morgan fingerprint density at radius 3 is 2.73 bits per heavy atom.